The fourth-order valence-corrected chi connectivity index (χ4v) is 2.90. The van der Waals surface area contributed by atoms with Gasteiger partial charge in [-0.3, -0.25) is 0 Å². The first kappa shape index (κ1) is 11.1. The van der Waals surface area contributed by atoms with E-state index in [0.717, 1.165) is 6.42 Å². The van der Waals surface area contributed by atoms with E-state index in [2.05, 4.69) is 24.6 Å². The molecular formula is C12H19NOS. The number of fused-ring (bicyclic) bond motifs is 1. The molecule has 0 spiro atoms. The average molecular weight is 225 g/mol. The average Bonchev–Trinajstić information content (AvgIpc) is 2.67. The summed E-state index contributed by atoms with van der Waals surface area (Å²) in [4.78, 5) is 0. The maximum Gasteiger partial charge on any atom is 0.108 e. The summed E-state index contributed by atoms with van der Waals surface area (Å²) < 4.78 is 5.48. The van der Waals surface area contributed by atoms with Gasteiger partial charge in [0, 0.05) is 29.8 Å². The van der Waals surface area contributed by atoms with Crippen LogP contribution >= 0.6 is 11.8 Å². The minimum atomic E-state index is 0.509. The minimum Gasteiger partial charge on any atom is -0.469 e. The highest BCUT2D eigenvalue weighted by atomic mass is 32.2. The number of hydrogen-bond acceptors (Lipinski definition) is 3. The van der Waals surface area contributed by atoms with Gasteiger partial charge < -0.3 is 9.73 Å². The summed E-state index contributed by atoms with van der Waals surface area (Å²) >= 11 is 1.90. The highest BCUT2D eigenvalue weighted by molar-refractivity contribution is 7.98. The van der Waals surface area contributed by atoms with Crippen molar-refractivity contribution in [3.63, 3.8) is 0 Å². The summed E-state index contributed by atoms with van der Waals surface area (Å²) in [5.41, 5.74) is 1.38. The van der Waals surface area contributed by atoms with Crippen molar-refractivity contribution in [2.24, 2.45) is 0 Å². The molecule has 2 nitrogen and oxygen atoms in total. The Labute approximate surface area is 95.8 Å². The molecule has 0 fully saturated rings. The van der Waals surface area contributed by atoms with E-state index in [4.69, 9.17) is 4.42 Å². The summed E-state index contributed by atoms with van der Waals surface area (Å²) in [6.45, 7) is 2.25. The first-order chi connectivity index (χ1) is 7.31. The van der Waals surface area contributed by atoms with Gasteiger partial charge in [-0.1, -0.05) is 0 Å². The van der Waals surface area contributed by atoms with Gasteiger partial charge in [-0.2, -0.15) is 11.8 Å². The number of furan rings is 1. The number of thioether (sulfide) groups is 1. The molecule has 0 bridgehead atoms. The molecule has 1 heterocycles. The molecule has 0 amide bonds. The molecule has 0 aliphatic heterocycles. The van der Waals surface area contributed by atoms with Crippen LogP contribution < -0.4 is 5.32 Å². The van der Waals surface area contributed by atoms with Gasteiger partial charge >= 0.3 is 0 Å². The Balaban J connectivity index is 2.00. The molecule has 15 heavy (non-hydrogen) atoms. The van der Waals surface area contributed by atoms with E-state index >= 15 is 0 Å². The number of rotatable bonds is 4. The van der Waals surface area contributed by atoms with Gasteiger partial charge in [-0.05, 0) is 32.1 Å². The van der Waals surface area contributed by atoms with E-state index in [-0.39, 0.29) is 0 Å². The third kappa shape index (κ3) is 2.58. The Hall–Kier alpha value is -0.410. The van der Waals surface area contributed by atoms with Crippen molar-refractivity contribution in [2.45, 2.75) is 38.3 Å². The molecule has 2 atom stereocenters. The molecule has 3 heteroatoms. The van der Waals surface area contributed by atoms with Crippen LogP contribution in [0, 0.1) is 0 Å². The summed E-state index contributed by atoms with van der Waals surface area (Å²) in [7, 11) is 0. The number of nitrogens with one attached hydrogen (secondary N) is 1. The Morgan fingerprint density at radius 2 is 2.53 bits per heavy atom. The van der Waals surface area contributed by atoms with E-state index in [0.29, 0.717) is 12.1 Å². The molecule has 2 rings (SSSR count). The molecule has 1 aromatic heterocycles. The summed E-state index contributed by atoms with van der Waals surface area (Å²) in [6, 6.07) is 3.21. The maximum atomic E-state index is 5.48. The molecule has 1 aromatic rings. The monoisotopic (exact) mass is 225 g/mol. The maximum absolute atomic E-state index is 5.48. The molecule has 1 aliphatic carbocycles. The molecule has 2 unspecified atom stereocenters. The molecule has 0 saturated heterocycles. The Morgan fingerprint density at radius 3 is 3.33 bits per heavy atom. The van der Waals surface area contributed by atoms with E-state index in [1.165, 1.54) is 29.9 Å². The summed E-state index contributed by atoms with van der Waals surface area (Å²) in [5, 5.41) is 3.68. The second kappa shape index (κ2) is 5.08. The van der Waals surface area contributed by atoms with Crippen LogP contribution in [0.3, 0.4) is 0 Å². The van der Waals surface area contributed by atoms with Gasteiger partial charge in [-0.15, -0.1) is 0 Å². The van der Waals surface area contributed by atoms with Crippen molar-refractivity contribution >= 4 is 11.8 Å². The van der Waals surface area contributed by atoms with E-state index in [1.807, 2.05) is 18.0 Å². The highest BCUT2D eigenvalue weighted by Gasteiger charge is 2.23. The Bertz CT molecular complexity index is 310. The SMILES string of the molecule is CSCC(C)NC1CCCc2occc21. The second-order valence-electron chi connectivity index (χ2n) is 4.27. The summed E-state index contributed by atoms with van der Waals surface area (Å²) in [5.74, 6) is 2.36. The third-order valence-corrected chi connectivity index (χ3v) is 3.79. The van der Waals surface area contributed by atoms with Crippen molar-refractivity contribution in [1.29, 1.82) is 0 Å². The van der Waals surface area contributed by atoms with Gasteiger partial charge in [0.05, 0.1) is 6.26 Å². The second-order valence-corrected chi connectivity index (χ2v) is 5.18. The van der Waals surface area contributed by atoms with Gasteiger partial charge in [-0.25, -0.2) is 0 Å². The van der Waals surface area contributed by atoms with Gasteiger partial charge in [0.2, 0.25) is 0 Å². The molecule has 0 aromatic carbocycles. The molecule has 0 radical (unpaired) electrons. The van der Waals surface area contributed by atoms with Gasteiger partial charge in [0.1, 0.15) is 5.76 Å². The lowest BCUT2D eigenvalue weighted by Crippen LogP contribution is -2.33. The van der Waals surface area contributed by atoms with Crippen molar-refractivity contribution in [3.8, 4) is 0 Å². The normalized spacial score (nSPS) is 22.4. The highest BCUT2D eigenvalue weighted by Crippen LogP contribution is 2.30. The van der Waals surface area contributed by atoms with Crippen LogP contribution in [0.1, 0.15) is 37.1 Å². The smallest absolute Gasteiger partial charge is 0.108 e. The topological polar surface area (TPSA) is 25.2 Å². The van der Waals surface area contributed by atoms with Crippen molar-refractivity contribution in [1.82, 2.24) is 5.32 Å². The van der Waals surface area contributed by atoms with Gasteiger partial charge in [0.15, 0.2) is 0 Å². The van der Waals surface area contributed by atoms with Crippen LogP contribution in [0.15, 0.2) is 16.7 Å². The quantitative estimate of drug-likeness (QED) is 0.852. The lowest BCUT2D eigenvalue weighted by molar-refractivity contribution is 0.393. The van der Waals surface area contributed by atoms with Crippen molar-refractivity contribution < 1.29 is 4.42 Å². The lowest BCUT2D eigenvalue weighted by atomic mass is 9.93. The predicted octanol–water partition coefficient (Wildman–Crippen LogP) is 3.00. The zero-order valence-corrected chi connectivity index (χ0v) is 10.3. The van der Waals surface area contributed by atoms with Crippen LogP contribution in [0.25, 0.3) is 0 Å². The summed E-state index contributed by atoms with van der Waals surface area (Å²) in [6.07, 6.45) is 7.57. The minimum absolute atomic E-state index is 0.509. The van der Waals surface area contributed by atoms with Crippen LogP contribution in [0.4, 0.5) is 0 Å². The lowest BCUT2D eigenvalue weighted by Gasteiger charge is -2.26. The van der Waals surface area contributed by atoms with E-state index in [1.54, 1.807) is 0 Å². The van der Waals surface area contributed by atoms with E-state index < -0.39 is 0 Å². The molecule has 0 saturated carbocycles. The predicted molar refractivity (Wildman–Crippen MR) is 65.4 cm³/mol. The molecule has 1 aliphatic rings. The van der Waals surface area contributed by atoms with Crippen LogP contribution in [-0.2, 0) is 6.42 Å². The van der Waals surface area contributed by atoms with Crippen molar-refractivity contribution in [2.75, 3.05) is 12.0 Å². The van der Waals surface area contributed by atoms with E-state index in [9.17, 15) is 0 Å². The first-order valence-corrected chi connectivity index (χ1v) is 7.02. The number of aryl methyl sites for hydroxylation is 1. The standard InChI is InChI=1S/C12H19NOS/c1-9(8-15-2)13-11-4-3-5-12-10(11)6-7-14-12/h6-7,9,11,13H,3-5,8H2,1-2H3. The van der Waals surface area contributed by atoms with Crippen LogP contribution in [0.2, 0.25) is 0 Å². The third-order valence-electron chi connectivity index (χ3n) is 2.95. The molecular weight excluding hydrogens is 206 g/mol. The first-order valence-electron chi connectivity index (χ1n) is 5.62. The fourth-order valence-electron chi connectivity index (χ4n) is 2.30. The number of hydrogen-bond donors (Lipinski definition) is 1. The fraction of sp³-hybridized carbons (Fsp3) is 0.667. The van der Waals surface area contributed by atoms with Crippen LogP contribution in [0.5, 0.6) is 0 Å². The van der Waals surface area contributed by atoms with Crippen LogP contribution in [-0.4, -0.2) is 18.1 Å². The zero-order chi connectivity index (χ0) is 10.7. The zero-order valence-electron chi connectivity index (χ0n) is 9.45. The van der Waals surface area contributed by atoms with Gasteiger partial charge in [0.25, 0.3) is 0 Å². The largest absolute Gasteiger partial charge is 0.469 e. The Kier molecular flexibility index (Phi) is 3.76. The molecule has 1 N–H and O–H groups in total. The Morgan fingerprint density at radius 1 is 1.67 bits per heavy atom. The van der Waals surface area contributed by atoms with Crippen molar-refractivity contribution in [3.05, 3.63) is 23.7 Å². The molecule has 84 valence electrons.